The van der Waals surface area contributed by atoms with Crippen molar-refractivity contribution in [3.8, 4) is 0 Å². The number of thioether (sulfide) groups is 1. The van der Waals surface area contributed by atoms with Crippen LogP contribution in [0.4, 0.5) is 5.69 Å². The largest absolute Gasteiger partial charge is 0.379 e. The summed E-state index contributed by atoms with van der Waals surface area (Å²) in [6, 6.07) is 6.34. The molecule has 1 heterocycles. The molecule has 0 unspecified atom stereocenters. The fraction of sp³-hybridized carbons (Fsp3) is 0.588. The van der Waals surface area contributed by atoms with Crippen LogP contribution in [-0.2, 0) is 16.1 Å². The molecule has 1 aromatic rings. The van der Waals surface area contributed by atoms with Gasteiger partial charge in [-0.2, -0.15) is 11.8 Å². The quantitative estimate of drug-likeness (QED) is 0.874. The van der Waals surface area contributed by atoms with Crippen molar-refractivity contribution in [2.24, 2.45) is 5.92 Å². The molecule has 2 rings (SSSR count). The highest BCUT2D eigenvalue weighted by Gasteiger charge is 2.15. The number of hydrogen-bond acceptors (Lipinski definition) is 4. The Bertz CT molecular complexity index is 501. The van der Waals surface area contributed by atoms with Gasteiger partial charge in [0.1, 0.15) is 0 Å². The van der Waals surface area contributed by atoms with Crippen molar-refractivity contribution in [3.05, 3.63) is 29.3 Å². The van der Waals surface area contributed by atoms with E-state index in [4.69, 9.17) is 4.74 Å². The summed E-state index contributed by atoms with van der Waals surface area (Å²) in [4.78, 5) is 14.6. The maximum Gasteiger partial charge on any atom is 0.228 e. The molecule has 1 saturated heterocycles. The van der Waals surface area contributed by atoms with Gasteiger partial charge in [-0.15, -0.1) is 0 Å². The van der Waals surface area contributed by atoms with Gasteiger partial charge < -0.3 is 10.1 Å². The van der Waals surface area contributed by atoms with Crippen molar-refractivity contribution in [2.45, 2.75) is 20.4 Å². The Balaban J connectivity index is 2.01. The lowest BCUT2D eigenvalue weighted by molar-refractivity contribution is -0.118. The van der Waals surface area contributed by atoms with Crippen molar-refractivity contribution in [1.29, 1.82) is 0 Å². The first-order valence-electron chi connectivity index (χ1n) is 7.79. The highest BCUT2D eigenvalue weighted by molar-refractivity contribution is 7.98. The van der Waals surface area contributed by atoms with Gasteiger partial charge in [-0.05, 0) is 30.4 Å². The standard InChI is InChI=1S/C17H26N2O2S/c1-13-4-5-15(11-19-6-8-21-9-7-19)10-16(13)18-17(20)14(2)12-22-3/h4-5,10,14H,6-9,11-12H2,1-3H3,(H,18,20)/t14-/m1/s1. The van der Waals surface area contributed by atoms with Crippen molar-refractivity contribution in [1.82, 2.24) is 4.90 Å². The number of rotatable bonds is 6. The molecule has 1 fully saturated rings. The third-order valence-electron chi connectivity index (χ3n) is 3.93. The molecule has 1 aliphatic rings. The molecule has 122 valence electrons. The Labute approximate surface area is 137 Å². The van der Waals surface area contributed by atoms with Gasteiger partial charge in [0.25, 0.3) is 0 Å². The van der Waals surface area contributed by atoms with Crippen LogP contribution in [0.1, 0.15) is 18.1 Å². The van der Waals surface area contributed by atoms with Gasteiger partial charge in [0.15, 0.2) is 0 Å². The fourth-order valence-corrected chi connectivity index (χ4v) is 3.15. The van der Waals surface area contributed by atoms with E-state index in [0.29, 0.717) is 0 Å². The van der Waals surface area contributed by atoms with Gasteiger partial charge >= 0.3 is 0 Å². The number of benzene rings is 1. The minimum Gasteiger partial charge on any atom is -0.379 e. The second-order valence-electron chi connectivity index (χ2n) is 5.88. The van der Waals surface area contributed by atoms with Gasteiger partial charge in [0, 0.05) is 37.0 Å². The Hall–Kier alpha value is -1.04. The minimum absolute atomic E-state index is 0.0253. The van der Waals surface area contributed by atoms with Crippen LogP contribution in [0.2, 0.25) is 0 Å². The van der Waals surface area contributed by atoms with Crippen LogP contribution in [0.25, 0.3) is 0 Å². The number of morpholine rings is 1. The predicted molar refractivity (Wildman–Crippen MR) is 93.5 cm³/mol. The predicted octanol–water partition coefficient (Wildman–Crippen LogP) is 2.76. The van der Waals surface area contributed by atoms with E-state index in [2.05, 4.69) is 28.4 Å². The Morgan fingerprint density at radius 2 is 2.14 bits per heavy atom. The third-order valence-corrected chi connectivity index (χ3v) is 4.77. The number of hydrogen-bond donors (Lipinski definition) is 1. The summed E-state index contributed by atoms with van der Waals surface area (Å²) < 4.78 is 5.38. The summed E-state index contributed by atoms with van der Waals surface area (Å²) in [6.07, 6.45) is 2.03. The van der Waals surface area contributed by atoms with E-state index in [9.17, 15) is 4.79 Å². The molecule has 0 bridgehead atoms. The van der Waals surface area contributed by atoms with E-state index >= 15 is 0 Å². The SMILES string of the molecule is CSC[C@@H](C)C(=O)Nc1cc(CN2CCOCC2)ccc1C. The van der Waals surface area contributed by atoms with Crippen molar-refractivity contribution in [2.75, 3.05) is 43.6 Å². The average Bonchev–Trinajstić information content (AvgIpc) is 2.52. The van der Waals surface area contributed by atoms with Crippen LogP contribution in [0.5, 0.6) is 0 Å². The zero-order valence-electron chi connectivity index (χ0n) is 13.7. The lowest BCUT2D eigenvalue weighted by Gasteiger charge is -2.26. The molecule has 1 atom stereocenters. The van der Waals surface area contributed by atoms with Crippen LogP contribution in [0.3, 0.4) is 0 Å². The number of aryl methyl sites for hydroxylation is 1. The second kappa shape index (κ2) is 8.56. The normalized spacial score (nSPS) is 17.2. The third kappa shape index (κ3) is 5.00. The van der Waals surface area contributed by atoms with Gasteiger partial charge in [0.2, 0.25) is 5.91 Å². The summed E-state index contributed by atoms with van der Waals surface area (Å²) in [5.41, 5.74) is 3.28. The fourth-order valence-electron chi connectivity index (χ4n) is 2.50. The average molecular weight is 322 g/mol. The topological polar surface area (TPSA) is 41.6 Å². The van der Waals surface area contributed by atoms with Gasteiger partial charge in [-0.1, -0.05) is 19.1 Å². The molecular weight excluding hydrogens is 296 g/mol. The van der Waals surface area contributed by atoms with Gasteiger partial charge in [-0.3, -0.25) is 9.69 Å². The molecule has 0 aliphatic carbocycles. The number of carbonyl (C=O) groups is 1. The van der Waals surface area contributed by atoms with Gasteiger partial charge in [-0.25, -0.2) is 0 Å². The first-order valence-corrected chi connectivity index (χ1v) is 9.19. The van der Waals surface area contributed by atoms with E-state index < -0.39 is 0 Å². The summed E-state index contributed by atoms with van der Waals surface area (Å²) in [6.45, 7) is 8.48. The van der Waals surface area contributed by atoms with Crippen LogP contribution < -0.4 is 5.32 Å². The van der Waals surface area contributed by atoms with Crippen LogP contribution >= 0.6 is 11.8 Å². The van der Waals surface area contributed by atoms with Crippen LogP contribution in [-0.4, -0.2) is 49.1 Å². The summed E-state index contributed by atoms with van der Waals surface area (Å²) in [7, 11) is 0. The van der Waals surface area contributed by atoms with Crippen molar-refractivity contribution < 1.29 is 9.53 Å². The number of amides is 1. The Kier molecular flexibility index (Phi) is 6.73. The number of nitrogens with one attached hydrogen (secondary N) is 1. The van der Waals surface area contributed by atoms with Crippen LogP contribution in [0.15, 0.2) is 18.2 Å². The summed E-state index contributed by atoms with van der Waals surface area (Å²) >= 11 is 1.70. The van der Waals surface area contributed by atoms with E-state index in [1.165, 1.54) is 5.56 Å². The maximum atomic E-state index is 12.2. The molecule has 0 saturated carbocycles. The summed E-state index contributed by atoms with van der Waals surface area (Å²) in [5, 5.41) is 3.08. The van der Waals surface area contributed by atoms with E-state index in [0.717, 1.165) is 49.9 Å². The zero-order chi connectivity index (χ0) is 15.9. The van der Waals surface area contributed by atoms with Crippen molar-refractivity contribution in [3.63, 3.8) is 0 Å². The molecular formula is C17H26N2O2S. The first-order chi connectivity index (χ1) is 10.6. The number of carbonyl (C=O) groups excluding carboxylic acids is 1. The number of anilines is 1. The number of nitrogens with zero attached hydrogens (tertiary/aromatic N) is 1. The zero-order valence-corrected chi connectivity index (χ0v) is 14.5. The van der Waals surface area contributed by atoms with Gasteiger partial charge in [0.05, 0.1) is 13.2 Å². The molecule has 1 N–H and O–H groups in total. The number of ether oxygens (including phenoxy) is 1. The second-order valence-corrected chi connectivity index (χ2v) is 6.79. The van der Waals surface area contributed by atoms with E-state index in [1.54, 1.807) is 11.8 Å². The Morgan fingerprint density at radius 3 is 2.82 bits per heavy atom. The molecule has 0 aromatic heterocycles. The van der Waals surface area contributed by atoms with Crippen LogP contribution in [0, 0.1) is 12.8 Å². The molecule has 1 aliphatic heterocycles. The lowest BCUT2D eigenvalue weighted by atomic mass is 10.1. The molecule has 1 amide bonds. The molecule has 1 aromatic carbocycles. The monoisotopic (exact) mass is 322 g/mol. The smallest absolute Gasteiger partial charge is 0.228 e. The minimum atomic E-state index is 0.0253. The highest BCUT2D eigenvalue weighted by Crippen LogP contribution is 2.20. The molecule has 22 heavy (non-hydrogen) atoms. The maximum absolute atomic E-state index is 12.2. The molecule has 0 radical (unpaired) electrons. The van der Waals surface area contributed by atoms with E-state index in [-0.39, 0.29) is 11.8 Å². The van der Waals surface area contributed by atoms with E-state index in [1.807, 2.05) is 20.1 Å². The molecule has 5 heteroatoms. The molecule has 4 nitrogen and oxygen atoms in total. The molecule has 0 spiro atoms. The van der Waals surface area contributed by atoms with Crippen molar-refractivity contribution >= 4 is 23.4 Å². The lowest BCUT2D eigenvalue weighted by Crippen LogP contribution is -2.35. The first kappa shape index (κ1) is 17.3. The highest BCUT2D eigenvalue weighted by atomic mass is 32.2. The Morgan fingerprint density at radius 1 is 1.41 bits per heavy atom. The summed E-state index contributed by atoms with van der Waals surface area (Å²) in [5.74, 6) is 0.969.